The normalized spacial score (nSPS) is 10.6. The maximum absolute atomic E-state index is 13.5. The number of carbonyl (C=O) groups is 1. The molecular weight excluding hydrogens is 359 g/mol. The molecule has 0 bridgehead atoms. The van der Waals surface area contributed by atoms with E-state index < -0.39 is 5.82 Å². The summed E-state index contributed by atoms with van der Waals surface area (Å²) in [6.07, 6.45) is 0. The van der Waals surface area contributed by atoms with Crippen LogP contribution in [-0.4, -0.2) is 36.2 Å². The predicted octanol–water partition coefficient (Wildman–Crippen LogP) is 4.29. The van der Waals surface area contributed by atoms with Crippen molar-refractivity contribution >= 4 is 17.5 Å². The summed E-state index contributed by atoms with van der Waals surface area (Å²) in [6.45, 7) is 0.425. The van der Waals surface area contributed by atoms with Gasteiger partial charge in [0.25, 0.3) is 5.91 Å². The first-order valence-corrected chi connectivity index (χ1v) is 8.28. The minimum Gasteiger partial charge on any atom is -0.489 e. The van der Waals surface area contributed by atoms with Crippen LogP contribution in [0.25, 0.3) is 11.3 Å². The number of benzene rings is 2. The summed E-state index contributed by atoms with van der Waals surface area (Å²) in [5, 5.41) is 4.38. The molecule has 0 N–H and O–H groups in total. The van der Waals surface area contributed by atoms with E-state index in [1.165, 1.54) is 17.0 Å². The molecule has 0 fully saturated rings. The average Bonchev–Trinajstić information content (AvgIpc) is 3.13. The molecular formula is C19H16ClFN2O3. The van der Waals surface area contributed by atoms with Crippen molar-refractivity contribution in [1.29, 1.82) is 0 Å². The van der Waals surface area contributed by atoms with Crippen molar-refractivity contribution in [2.75, 3.05) is 20.2 Å². The summed E-state index contributed by atoms with van der Waals surface area (Å²) < 4.78 is 24.1. The predicted molar refractivity (Wildman–Crippen MR) is 95.8 cm³/mol. The van der Waals surface area contributed by atoms with Gasteiger partial charge in [0, 0.05) is 23.7 Å². The van der Waals surface area contributed by atoms with E-state index >= 15 is 0 Å². The number of carbonyl (C=O) groups excluding carboxylic acids is 1. The number of aromatic nitrogens is 1. The van der Waals surface area contributed by atoms with Crippen molar-refractivity contribution < 1.29 is 18.4 Å². The highest BCUT2D eigenvalue weighted by Gasteiger charge is 2.18. The number of rotatable bonds is 6. The molecule has 0 aliphatic rings. The fourth-order valence-corrected chi connectivity index (χ4v) is 2.50. The smallest absolute Gasteiger partial charge is 0.275 e. The van der Waals surface area contributed by atoms with E-state index in [1.54, 1.807) is 43.4 Å². The molecule has 1 aromatic heterocycles. The Kier molecular flexibility index (Phi) is 5.53. The van der Waals surface area contributed by atoms with Crippen molar-refractivity contribution in [2.24, 2.45) is 0 Å². The molecule has 1 heterocycles. The Bertz CT molecular complexity index is 913. The van der Waals surface area contributed by atoms with Crippen molar-refractivity contribution in [2.45, 2.75) is 0 Å². The lowest BCUT2D eigenvalue weighted by Gasteiger charge is -2.16. The summed E-state index contributed by atoms with van der Waals surface area (Å²) in [5.41, 5.74) is 0.906. The van der Waals surface area contributed by atoms with Gasteiger partial charge in [-0.25, -0.2) is 4.39 Å². The molecule has 0 aliphatic carbocycles. The third-order valence-corrected chi connectivity index (χ3v) is 3.94. The molecule has 7 heteroatoms. The summed E-state index contributed by atoms with van der Waals surface area (Å²) in [4.78, 5) is 13.8. The van der Waals surface area contributed by atoms with E-state index in [2.05, 4.69) is 5.16 Å². The molecule has 3 rings (SSSR count). The summed E-state index contributed by atoms with van der Waals surface area (Å²) in [7, 11) is 1.61. The lowest BCUT2D eigenvalue weighted by Crippen LogP contribution is -2.31. The molecule has 0 unspecified atom stereocenters. The summed E-state index contributed by atoms with van der Waals surface area (Å²) in [6, 6.07) is 14.7. The van der Waals surface area contributed by atoms with E-state index in [4.69, 9.17) is 20.9 Å². The van der Waals surface area contributed by atoms with E-state index in [9.17, 15) is 9.18 Å². The third-order valence-electron chi connectivity index (χ3n) is 3.71. The highest BCUT2D eigenvalue weighted by Crippen LogP contribution is 2.23. The zero-order chi connectivity index (χ0) is 18.5. The Morgan fingerprint density at radius 2 is 2.04 bits per heavy atom. The van der Waals surface area contributed by atoms with E-state index in [0.717, 1.165) is 5.56 Å². The monoisotopic (exact) mass is 374 g/mol. The molecule has 134 valence electrons. The van der Waals surface area contributed by atoms with Gasteiger partial charge in [0.05, 0.1) is 6.54 Å². The lowest BCUT2D eigenvalue weighted by molar-refractivity contribution is 0.0762. The van der Waals surface area contributed by atoms with Gasteiger partial charge in [-0.3, -0.25) is 4.79 Å². The molecule has 0 atom stereocenters. The van der Waals surface area contributed by atoms with Crippen molar-refractivity contribution in [3.8, 4) is 17.1 Å². The number of halogens is 2. The van der Waals surface area contributed by atoms with E-state index in [0.29, 0.717) is 10.8 Å². The van der Waals surface area contributed by atoms with Crippen LogP contribution in [0.2, 0.25) is 5.02 Å². The fourth-order valence-electron chi connectivity index (χ4n) is 2.31. The van der Waals surface area contributed by atoms with E-state index in [1.807, 2.05) is 6.07 Å². The van der Waals surface area contributed by atoms with Crippen LogP contribution in [0.4, 0.5) is 4.39 Å². The topological polar surface area (TPSA) is 55.6 Å². The molecule has 1 amide bonds. The maximum atomic E-state index is 13.5. The van der Waals surface area contributed by atoms with Gasteiger partial charge in [-0.2, -0.15) is 0 Å². The van der Waals surface area contributed by atoms with Crippen LogP contribution < -0.4 is 4.74 Å². The fraction of sp³-hybridized carbons (Fsp3) is 0.158. The Balaban J connectivity index is 1.59. The molecule has 0 aliphatic heterocycles. The Morgan fingerprint density at radius 3 is 2.81 bits per heavy atom. The molecule has 2 aromatic carbocycles. The molecule has 0 radical (unpaired) electrons. The number of hydrogen-bond donors (Lipinski definition) is 0. The minimum absolute atomic E-state index is 0.151. The Morgan fingerprint density at radius 1 is 1.23 bits per heavy atom. The molecule has 5 nitrogen and oxygen atoms in total. The second-order valence-electron chi connectivity index (χ2n) is 5.59. The number of likely N-dealkylation sites (N-methyl/N-ethyl adjacent to an activating group) is 1. The standard InChI is InChI=1S/C19H16ClFN2O3/c1-23(9-10-25-17-8-3-2-7-15(17)21)19(24)16-12-18(26-22-16)13-5-4-6-14(20)11-13/h2-8,11-12H,9-10H2,1H3. The van der Waals surface area contributed by atoms with Gasteiger partial charge in [0.15, 0.2) is 23.0 Å². The molecule has 0 spiro atoms. The number of hydrogen-bond acceptors (Lipinski definition) is 4. The van der Waals surface area contributed by atoms with Crippen molar-refractivity contribution in [3.05, 3.63) is 71.1 Å². The quantitative estimate of drug-likeness (QED) is 0.646. The van der Waals surface area contributed by atoms with Crippen molar-refractivity contribution in [3.63, 3.8) is 0 Å². The summed E-state index contributed by atoms with van der Waals surface area (Å²) in [5.74, 6) is -0.159. The first kappa shape index (κ1) is 17.9. The van der Waals surface area contributed by atoms with Crippen LogP contribution in [0.1, 0.15) is 10.5 Å². The zero-order valence-corrected chi connectivity index (χ0v) is 14.7. The SMILES string of the molecule is CN(CCOc1ccccc1F)C(=O)c1cc(-c2cccc(Cl)c2)on1. The van der Waals surface area contributed by atoms with Gasteiger partial charge in [0.1, 0.15) is 6.61 Å². The van der Waals surface area contributed by atoms with Gasteiger partial charge in [-0.15, -0.1) is 0 Å². The van der Waals surface area contributed by atoms with Gasteiger partial charge in [-0.05, 0) is 24.3 Å². The van der Waals surface area contributed by atoms with Crippen LogP contribution in [-0.2, 0) is 0 Å². The molecule has 3 aromatic rings. The van der Waals surface area contributed by atoms with Gasteiger partial charge in [-0.1, -0.05) is 41.0 Å². The lowest BCUT2D eigenvalue weighted by atomic mass is 10.1. The van der Waals surface area contributed by atoms with Gasteiger partial charge < -0.3 is 14.2 Å². The number of amides is 1. The van der Waals surface area contributed by atoms with Gasteiger partial charge >= 0.3 is 0 Å². The van der Waals surface area contributed by atoms with Crippen LogP contribution in [0.3, 0.4) is 0 Å². The van der Waals surface area contributed by atoms with Crippen LogP contribution in [0.15, 0.2) is 59.1 Å². The Labute approximate surface area is 154 Å². The highest BCUT2D eigenvalue weighted by molar-refractivity contribution is 6.30. The van der Waals surface area contributed by atoms with Crippen LogP contribution in [0, 0.1) is 5.82 Å². The number of para-hydroxylation sites is 1. The van der Waals surface area contributed by atoms with Crippen molar-refractivity contribution in [1.82, 2.24) is 10.1 Å². The minimum atomic E-state index is -0.441. The van der Waals surface area contributed by atoms with E-state index in [-0.39, 0.29) is 30.5 Å². The first-order chi connectivity index (χ1) is 12.5. The highest BCUT2D eigenvalue weighted by atomic mass is 35.5. The second-order valence-corrected chi connectivity index (χ2v) is 6.03. The molecule has 26 heavy (non-hydrogen) atoms. The first-order valence-electron chi connectivity index (χ1n) is 7.90. The van der Waals surface area contributed by atoms with Crippen LogP contribution in [0.5, 0.6) is 5.75 Å². The second kappa shape index (κ2) is 8.01. The molecule has 0 saturated carbocycles. The zero-order valence-electron chi connectivity index (χ0n) is 14.0. The van der Waals surface area contributed by atoms with Gasteiger partial charge in [0.2, 0.25) is 0 Å². The number of nitrogens with zero attached hydrogens (tertiary/aromatic N) is 2. The third kappa shape index (κ3) is 4.21. The Hall–Kier alpha value is -2.86. The largest absolute Gasteiger partial charge is 0.489 e. The summed E-state index contributed by atoms with van der Waals surface area (Å²) >= 11 is 5.96. The maximum Gasteiger partial charge on any atom is 0.275 e. The average molecular weight is 375 g/mol. The molecule has 0 saturated heterocycles. The number of ether oxygens (including phenoxy) is 1. The van der Waals surface area contributed by atoms with Crippen LogP contribution >= 0.6 is 11.6 Å².